The highest BCUT2D eigenvalue weighted by atomic mass is 16.3. The first-order chi connectivity index (χ1) is 14.4. The van der Waals surface area contributed by atoms with Gasteiger partial charge in [0.1, 0.15) is 0 Å². The van der Waals surface area contributed by atoms with E-state index in [0.717, 1.165) is 60.4 Å². The molecule has 30 heavy (non-hydrogen) atoms. The van der Waals surface area contributed by atoms with Crippen molar-refractivity contribution in [1.29, 1.82) is 0 Å². The Morgan fingerprint density at radius 2 is 1.87 bits per heavy atom. The highest BCUT2D eigenvalue weighted by Gasteiger charge is 2.35. The topological polar surface area (TPSA) is 64.0 Å². The van der Waals surface area contributed by atoms with Crippen molar-refractivity contribution in [3.63, 3.8) is 0 Å². The average Bonchev–Trinajstić information content (AvgIpc) is 2.74. The molecule has 2 heterocycles. The molecule has 5 nitrogen and oxygen atoms in total. The van der Waals surface area contributed by atoms with Crippen LogP contribution in [0.15, 0.2) is 42.5 Å². The molecule has 1 saturated heterocycles. The number of piperidine rings is 1. The van der Waals surface area contributed by atoms with Gasteiger partial charge in [-0.3, -0.25) is 4.79 Å². The molecule has 2 aliphatic heterocycles. The van der Waals surface area contributed by atoms with Gasteiger partial charge in [0.15, 0.2) is 0 Å². The number of β-amino-alcohol motifs (C(OH)–C–C–N with tert-alkyl or cyclic N) is 1. The molecule has 0 aromatic heterocycles. The number of aliphatic hydroxyl groups is 2. The summed E-state index contributed by atoms with van der Waals surface area (Å²) in [6.07, 6.45) is 2.65. The molecule has 0 bridgehead atoms. The number of hydrogen-bond acceptors (Lipinski definition) is 4. The minimum atomic E-state index is -0.783. The van der Waals surface area contributed by atoms with Gasteiger partial charge >= 0.3 is 0 Å². The largest absolute Gasteiger partial charge is 0.387 e. The maximum atomic E-state index is 11.9. The quantitative estimate of drug-likeness (QED) is 0.815. The summed E-state index contributed by atoms with van der Waals surface area (Å²) in [5.74, 6) is 0.0682. The first-order valence-corrected chi connectivity index (χ1v) is 11.0. The number of anilines is 1. The zero-order valence-electron chi connectivity index (χ0n) is 18.0. The van der Waals surface area contributed by atoms with Crippen molar-refractivity contribution < 1.29 is 15.0 Å². The summed E-state index contributed by atoms with van der Waals surface area (Å²) in [7, 11) is 0. The summed E-state index contributed by atoms with van der Waals surface area (Å²) in [5, 5.41) is 22.0. The number of hydrogen-bond donors (Lipinski definition) is 2. The SMILES string of the molecule is CC(=O)N1CCCc2cc([C@H](O)CN3CCC(O)(c4ccccc4C)CC3)ccc21. The van der Waals surface area contributed by atoms with Gasteiger partial charge in [-0.05, 0) is 60.9 Å². The average molecular weight is 409 g/mol. The third kappa shape index (κ3) is 4.15. The molecule has 160 valence electrons. The maximum Gasteiger partial charge on any atom is 0.223 e. The Hall–Kier alpha value is -2.21. The summed E-state index contributed by atoms with van der Waals surface area (Å²) in [5.41, 5.74) is 4.39. The van der Waals surface area contributed by atoms with Gasteiger partial charge in [0, 0.05) is 38.8 Å². The van der Waals surface area contributed by atoms with Crippen molar-refractivity contribution in [2.24, 2.45) is 0 Å². The Labute approximate surface area is 178 Å². The van der Waals surface area contributed by atoms with Crippen LogP contribution in [0.2, 0.25) is 0 Å². The Balaban J connectivity index is 1.40. The Kier molecular flexibility index (Phi) is 5.96. The normalized spacial score (nSPS) is 19.9. The zero-order valence-corrected chi connectivity index (χ0v) is 18.0. The first kappa shape index (κ1) is 21.0. The van der Waals surface area contributed by atoms with Gasteiger partial charge in [-0.25, -0.2) is 0 Å². The van der Waals surface area contributed by atoms with E-state index in [9.17, 15) is 15.0 Å². The second-order valence-corrected chi connectivity index (χ2v) is 8.83. The standard InChI is InChI=1S/C25H32N2O3/c1-18-6-3-4-8-22(18)25(30)11-14-26(15-12-25)17-24(29)21-9-10-23-20(16-21)7-5-13-27(23)19(2)28/h3-4,6,8-10,16,24,29-30H,5,7,11-15,17H2,1-2H3/t24-/m1/s1. The smallest absolute Gasteiger partial charge is 0.223 e. The predicted molar refractivity (Wildman–Crippen MR) is 118 cm³/mol. The van der Waals surface area contributed by atoms with Gasteiger partial charge < -0.3 is 20.0 Å². The van der Waals surface area contributed by atoms with E-state index in [1.54, 1.807) is 6.92 Å². The lowest BCUT2D eigenvalue weighted by atomic mass is 9.82. The number of aryl methyl sites for hydroxylation is 2. The first-order valence-electron chi connectivity index (χ1n) is 11.0. The van der Waals surface area contributed by atoms with Crippen molar-refractivity contribution in [2.45, 2.75) is 51.2 Å². The molecular weight excluding hydrogens is 376 g/mol. The Bertz CT molecular complexity index is 918. The Morgan fingerprint density at radius 1 is 1.13 bits per heavy atom. The second-order valence-electron chi connectivity index (χ2n) is 8.83. The second kappa shape index (κ2) is 8.50. The van der Waals surface area contributed by atoms with Gasteiger partial charge in [0.25, 0.3) is 0 Å². The number of benzene rings is 2. The third-order valence-electron chi connectivity index (χ3n) is 6.75. The van der Waals surface area contributed by atoms with Crippen LogP contribution in [0.4, 0.5) is 5.69 Å². The van der Waals surface area contributed by atoms with Crippen LogP contribution in [-0.2, 0) is 16.8 Å². The molecule has 0 radical (unpaired) electrons. The highest BCUT2D eigenvalue weighted by Crippen LogP contribution is 2.35. The number of carbonyl (C=O) groups excluding carboxylic acids is 1. The van der Waals surface area contributed by atoms with Crippen molar-refractivity contribution in [2.75, 3.05) is 31.1 Å². The Morgan fingerprint density at radius 3 is 2.57 bits per heavy atom. The van der Waals surface area contributed by atoms with E-state index < -0.39 is 11.7 Å². The number of fused-ring (bicyclic) bond motifs is 1. The number of amides is 1. The van der Waals surface area contributed by atoms with E-state index in [4.69, 9.17) is 0 Å². The maximum absolute atomic E-state index is 11.9. The van der Waals surface area contributed by atoms with Crippen LogP contribution in [0.25, 0.3) is 0 Å². The molecule has 2 N–H and O–H groups in total. The van der Waals surface area contributed by atoms with Crippen molar-refractivity contribution in [3.8, 4) is 0 Å². The van der Waals surface area contributed by atoms with Crippen LogP contribution >= 0.6 is 0 Å². The van der Waals surface area contributed by atoms with Crippen LogP contribution in [0.1, 0.15) is 54.5 Å². The number of aliphatic hydroxyl groups excluding tert-OH is 1. The minimum Gasteiger partial charge on any atom is -0.387 e. The van der Waals surface area contributed by atoms with Crippen LogP contribution in [0, 0.1) is 6.92 Å². The molecular formula is C25H32N2O3. The van der Waals surface area contributed by atoms with E-state index in [1.807, 2.05) is 48.2 Å². The summed E-state index contributed by atoms with van der Waals surface area (Å²) in [4.78, 5) is 15.9. The lowest BCUT2D eigenvalue weighted by Crippen LogP contribution is -2.44. The minimum absolute atomic E-state index is 0.0682. The predicted octanol–water partition coefficient (Wildman–Crippen LogP) is 3.31. The molecule has 1 fully saturated rings. The number of carbonyl (C=O) groups is 1. The van der Waals surface area contributed by atoms with Gasteiger partial charge in [0.2, 0.25) is 5.91 Å². The fourth-order valence-corrected chi connectivity index (χ4v) is 4.97. The fraction of sp³-hybridized carbons (Fsp3) is 0.480. The van der Waals surface area contributed by atoms with Crippen LogP contribution in [0.3, 0.4) is 0 Å². The van der Waals surface area contributed by atoms with E-state index in [-0.39, 0.29) is 5.91 Å². The lowest BCUT2D eigenvalue weighted by molar-refractivity contribution is -0.116. The number of rotatable bonds is 4. The molecule has 4 rings (SSSR count). The zero-order chi connectivity index (χ0) is 21.3. The molecule has 5 heteroatoms. The van der Waals surface area contributed by atoms with Gasteiger partial charge in [-0.2, -0.15) is 0 Å². The van der Waals surface area contributed by atoms with Crippen LogP contribution in [-0.4, -0.2) is 47.2 Å². The van der Waals surface area contributed by atoms with E-state index >= 15 is 0 Å². The van der Waals surface area contributed by atoms with Gasteiger partial charge in [-0.15, -0.1) is 0 Å². The summed E-state index contributed by atoms with van der Waals surface area (Å²) in [6, 6.07) is 14.0. The molecule has 2 aromatic carbocycles. The lowest BCUT2D eigenvalue weighted by Gasteiger charge is -2.40. The molecule has 2 aromatic rings. The van der Waals surface area contributed by atoms with Gasteiger partial charge in [0.05, 0.1) is 11.7 Å². The molecule has 0 unspecified atom stereocenters. The monoisotopic (exact) mass is 408 g/mol. The van der Waals surface area contributed by atoms with E-state index in [1.165, 1.54) is 0 Å². The fourth-order valence-electron chi connectivity index (χ4n) is 4.97. The van der Waals surface area contributed by atoms with Crippen molar-refractivity contribution >= 4 is 11.6 Å². The molecule has 1 atom stereocenters. The molecule has 0 aliphatic carbocycles. The molecule has 0 spiro atoms. The summed E-state index contributed by atoms with van der Waals surface area (Å²) < 4.78 is 0. The summed E-state index contributed by atoms with van der Waals surface area (Å²) >= 11 is 0. The van der Waals surface area contributed by atoms with Gasteiger partial charge in [-0.1, -0.05) is 36.4 Å². The highest BCUT2D eigenvalue weighted by molar-refractivity contribution is 5.92. The number of nitrogens with zero attached hydrogens (tertiary/aromatic N) is 2. The third-order valence-corrected chi connectivity index (χ3v) is 6.75. The summed E-state index contributed by atoms with van der Waals surface area (Å²) in [6.45, 7) is 6.48. The van der Waals surface area contributed by atoms with Crippen LogP contribution in [0.5, 0.6) is 0 Å². The van der Waals surface area contributed by atoms with E-state index in [2.05, 4.69) is 11.0 Å². The van der Waals surface area contributed by atoms with Crippen LogP contribution < -0.4 is 4.90 Å². The number of likely N-dealkylation sites (tertiary alicyclic amines) is 1. The molecule has 2 aliphatic rings. The van der Waals surface area contributed by atoms with E-state index in [0.29, 0.717) is 19.4 Å². The van der Waals surface area contributed by atoms with Crippen molar-refractivity contribution in [3.05, 3.63) is 64.7 Å². The van der Waals surface area contributed by atoms with Crippen molar-refractivity contribution in [1.82, 2.24) is 4.90 Å². The molecule has 0 saturated carbocycles. The molecule has 1 amide bonds.